The van der Waals surface area contributed by atoms with Crippen molar-refractivity contribution in [2.24, 2.45) is 4.99 Å². The second kappa shape index (κ2) is 6.17. The zero-order chi connectivity index (χ0) is 18.1. The van der Waals surface area contributed by atoms with Crippen molar-refractivity contribution in [2.75, 3.05) is 0 Å². The number of carbonyl (C=O) groups is 1. The minimum absolute atomic E-state index is 0.0179. The Kier molecular flexibility index (Phi) is 4.03. The number of nitro groups is 2. The molecule has 3 rings (SSSR count). The summed E-state index contributed by atoms with van der Waals surface area (Å²) < 4.78 is 9.89. The van der Waals surface area contributed by atoms with Crippen LogP contribution in [0.15, 0.2) is 45.4 Å². The van der Waals surface area contributed by atoms with Gasteiger partial charge in [0.25, 0.3) is 5.69 Å². The quantitative estimate of drug-likeness (QED) is 0.352. The van der Waals surface area contributed by atoms with E-state index in [1.54, 1.807) is 0 Å². The maximum Gasteiger partial charge on any atom is 0.433 e. The SMILES string of the molecule is O=C1OC(c2ccc([N+](=O)[O-])cc2Cl)=N/C1=C\c1ccc([N+](=O)[O-])o1. The molecular formula is C14H6ClN3O7. The Balaban J connectivity index is 1.93. The number of esters is 1. The summed E-state index contributed by atoms with van der Waals surface area (Å²) in [6.07, 6.45) is 1.17. The summed E-state index contributed by atoms with van der Waals surface area (Å²) in [5.41, 5.74) is -0.194. The fourth-order valence-electron chi connectivity index (χ4n) is 1.97. The molecule has 0 aliphatic carbocycles. The maximum atomic E-state index is 11.9. The monoisotopic (exact) mass is 363 g/mol. The number of halogens is 1. The molecule has 0 spiro atoms. The molecule has 0 amide bonds. The fraction of sp³-hybridized carbons (Fsp3) is 0. The molecule has 0 bridgehead atoms. The van der Waals surface area contributed by atoms with E-state index in [-0.39, 0.29) is 33.6 Å². The molecule has 1 aromatic heterocycles. The van der Waals surface area contributed by atoms with Crippen molar-refractivity contribution < 1.29 is 23.8 Å². The molecule has 2 aromatic rings. The number of aliphatic imine (C=N–C) groups is 1. The summed E-state index contributed by atoms with van der Waals surface area (Å²) in [4.78, 5) is 35.7. The number of benzene rings is 1. The lowest BCUT2D eigenvalue weighted by Gasteiger charge is -2.02. The van der Waals surface area contributed by atoms with E-state index >= 15 is 0 Å². The summed E-state index contributed by atoms with van der Waals surface area (Å²) >= 11 is 5.96. The Morgan fingerprint density at radius 1 is 1.12 bits per heavy atom. The molecular weight excluding hydrogens is 358 g/mol. The van der Waals surface area contributed by atoms with Gasteiger partial charge in [0.05, 0.1) is 21.6 Å². The molecule has 11 heteroatoms. The van der Waals surface area contributed by atoms with Crippen molar-refractivity contribution in [3.05, 3.63) is 72.6 Å². The standard InChI is InChI=1S/C14H6ClN3O7/c15-10-5-7(17(20)21)1-3-9(10)13-16-11(14(19)25-13)6-8-2-4-12(24-8)18(22)23/h1-6H/b11-6-. The minimum Gasteiger partial charge on any atom is -0.402 e. The maximum absolute atomic E-state index is 11.9. The summed E-state index contributed by atoms with van der Waals surface area (Å²) in [6.45, 7) is 0. The Morgan fingerprint density at radius 2 is 1.88 bits per heavy atom. The van der Waals surface area contributed by atoms with Gasteiger partial charge in [-0.25, -0.2) is 9.79 Å². The third-order valence-corrected chi connectivity index (χ3v) is 3.40. The third-order valence-electron chi connectivity index (χ3n) is 3.09. The number of furan rings is 1. The van der Waals surface area contributed by atoms with Crippen molar-refractivity contribution in [1.82, 2.24) is 0 Å². The second-order valence-electron chi connectivity index (χ2n) is 4.69. The van der Waals surface area contributed by atoms with Gasteiger partial charge in [-0.3, -0.25) is 20.2 Å². The minimum atomic E-state index is -0.816. The molecule has 0 N–H and O–H groups in total. The number of hydrogen-bond acceptors (Lipinski definition) is 8. The average molecular weight is 364 g/mol. The van der Waals surface area contributed by atoms with E-state index in [2.05, 4.69) is 4.99 Å². The van der Waals surface area contributed by atoms with E-state index in [1.807, 2.05) is 0 Å². The molecule has 0 saturated carbocycles. The van der Waals surface area contributed by atoms with Crippen molar-refractivity contribution in [2.45, 2.75) is 0 Å². The highest BCUT2D eigenvalue weighted by molar-refractivity contribution is 6.34. The van der Waals surface area contributed by atoms with E-state index in [9.17, 15) is 25.0 Å². The average Bonchev–Trinajstić information content (AvgIpc) is 3.15. The van der Waals surface area contributed by atoms with Crippen LogP contribution in [0.5, 0.6) is 0 Å². The van der Waals surface area contributed by atoms with Crippen LogP contribution < -0.4 is 0 Å². The molecule has 0 unspecified atom stereocenters. The molecule has 1 aromatic carbocycles. The van der Waals surface area contributed by atoms with Gasteiger partial charge >= 0.3 is 11.9 Å². The van der Waals surface area contributed by atoms with Gasteiger partial charge in [0, 0.05) is 18.2 Å². The largest absolute Gasteiger partial charge is 0.433 e. The van der Waals surface area contributed by atoms with Crippen LogP contribution in [0.3, 0.4) is 0 Å². The van der Waals surface area contributed by atoms with Crippen molar-refractivity contribution in [3.63, 3.8) is 0 Å². The van der Waals surface area contributed by atoms with Gasteiger partial charge in [-0.15, -0.1) is 0 Å². The number of carbonyl (C=O) groups excluding carboxylic acids is 1. The van der Waals surface area contributed by atoms with E-state index in [1.165, 1.54) is 24.3 Å². The number of nitro benzene ring substituents is 1. The van der Waals surface area contributed by atoms with E-state index < -0.39 is 21.7 Å². The molecule has 10 nitrogen and oxygen atoms in total. The third kappa shape index (κ3) is 3.23. The number of non-ortho nitro benzene ring substituents is 1. The molecule has 25 heavy (non-hydrogen) atoms. The van der Waals surface area contributed by atoms with Crippen LogP contribution in [0.2, 0.25) is 5.02 Å². The highest BCUT2D eigenvalue weighted by atomic mass is 35.5. The first-order chi connectivity index (χ1) is 11.8. The predicted octanol–water partition coefficient (Wildman–Crippen LogP) is 3.09. The van der Waals surface area contributed by atoms with E-state index in [0.717, 1.165) is 12.1 Å². The van der Waals surface area contributed by atoms with Crippen molar-refractivity contribution >= 4 is 41.1 Å². The van der Waals surface area contributed by atoms with Crippen LogP contribution in [0, 0.1) is 20.2 Å². The summed E-state index contributed by atoms with van der Waals surface area (Å²) in [7, 11) is 0. The van der Waals surface area contributed by atoms with Gasteiger partial charge in [-0.05, 0) is 12.1 Å². The zero-order valence-corrected chi connectivity index (χ0v) is 12.8. The first-order valence-corrected chi connectivity index (χ1v) is 6.94. The van der Waals surface area contributed by atoms with E-state index in [0.29, 0.717) is 0 Å². The van der Waals surface area contributed by atoms with Crippen LogP contribution in [0.4, 0.5) is 11.6 Å². The topological polar surface area (TPSA) is 138 Å². The predicted molar refractivity (Wildman–Crippen MR) is 84.1 cm³/mol. The Hall–Kier alpha value is -3.53. The highest BCUT2D eigenvalue weighted by Crippen LogP contribution is 2.27. The normalized spacial score (nSPS) is 15.2. The lowest BCUT2D eigenvalue weighted by Crippen LogP contribution is -2.06. The first kappa shape index (κ1) is 16.3. The van der Waals surface area contributed by atoms with Gasteiger partial charge in [0.2, 0.25) is 5.90 Å². The lowest BCUT2D eigenvalue weighted by atomic mass is 10.2. The molecule has 2 heterocycles. The van der Waals surface area contributed by atoms with Gasteiger partial charge in [-0.2, -0.15) is 0 Å². The highest BCUT2D eigenvalue weighted by Gasteiger charge is 2.27. The number of ether oxygens (including phenoxy) is 1. The lowest BCUT2D eigenvalue weighted by molar-refractivity contribution is -0.402. The summed E-state index contributed by atoms with van der Waals surface area (Å²) in [5, 5.41) is 21.3. The zero-order valence-electron chi connectivity index (χ0n) is 12.0. The molecule has 1 aliphatic heterocycles. The Bertz CT molecular complexity index is 977. The van der Waals surface area contributed by atoms with Gasteiger partial charge in [-0.1, -0.05) is 11.6 Å². The molecule has 0 fully saturated rings. The van der Waals surface area contributed by atoms with Crippen LogP contribution in [0.25, 0.3) is 6.08 Å². The molecule has 0 saturated heterocycles. The summed E-state index contributed by atoms with van der Waals surface area (Å²) in [6, 6.07) is 6.02. The Morgan fingerprint density at radius 3 is 2.48 bits per heavy atom. The van der Waals surface area contributed by atoms with Crippen molar-refractivity contribution in [3.8, 4) is 0 Å². The van der Waals surface area contributed by atoms with E-state index in [4.69, 9.17) is 20.8 Å². The Labute approximate surface area is 143 Å². The van der Waals surface area contributed by atoms with Gasteiger partial charge < -0.3 is 9.15 Å². The number of cyclic esters (lactones) is 1. The van der Waals surface area contributed by atoms with Gasteiger partial charge in [0.1, 0.15) is 10.7 Å². The summed E-state index contributed by atoms with van der Waals surface area (Å²) in [5.74, 6) is -1.40. The van der Waals surface area contributed by atoms with Crippen LogP contribution in [-0.4, -0.2) is 21.7 Å². The molecule has 126 valence electrons. The number of nitrogens with zero attached hydrogens (tertiary/aromatic N) is 3. The molecule has 0 radical (unpaired) electrons. The van der Waals surface area contributed by atoms with Crippen LogP contribution >= 0.6 is 11.6 Å². The smallest absolute Gasteiger partial charge is 0.402 e. The van der Waals surface area contributed by atoms with Crippen LogP contribution in [-0.2, 0) is 9.53 Å². The van der Waals surface area contributed by atoms with Gasteiger partial charge in [0.15, 0.2) is 5.70 Å². The first-order valence-electron chi connectivity index (χ1n) is 6.56. The molecule has 0 atom stereocenters. The number of rotatable bonds is 4. The van der Waals surface area contributed by atoms with Crippen LogP contribution in [0.1, 0.15) is 11.3 Å². The second-order valence-corrected chi connectivity index (χ2v) is 5.10. The fourth-order valence-corrected chi connectivity index (χ4v) is 2.22. The number of hydrogen-bond donors (Lipinski definition) is 0. The molecule has 1 aliphatic rings. The van der Waals surface area contributed by atoms with Crippen molar-refractivity contribution in [1.29, 1.82) is 0 Å².